The average molecular weight is 352 g/mol. The second-order valence-electron chi connectivity index (χ2n) is 4.46. The van der Waals surface area contributed by atoms with E-state index in [1.54, 1.807) is 6.07 Å². The van der Waals surface area contributed by atoms with Gasteiger partial charge in [0.25, 0.3) is 0 Å². The predicted octanol–water partition coefficient (Wildman–Crippen LogP) is 2.61. The molecule has 2 rings (SSSR count). The normalized spacial score (nSPS) is 18.2. The van der Waals surface area contributed by atoms with Crippen LogP contribution in [0.2, 0.25) is 0 Å². The van der Waals surface area contributed by atoms with E-state index in [0.29, 0.717) is 29.9 Å². The van der Waals surface area contributed by atoms with Gasteiger partial charge in [0.1, 0.15) is 9.99 Å². The Kier molecular flexibility index (Phi) is 4.25. The van der Waals surface area contributed by atoms with E-state index in [-0.39, 0.29) is 11.8 Å². The predicted molar refractivity (Wildman–Crippen MR) is 74.3 cm³/mol. The first-order chi connectivity index (χ1) is 8.38. The summed E-state index contributed by atoms with van der Waals surface area (Å²) in [5.41, 5.74) is 0.916. The maximum Gasteiger partial charge on any atom is 0.250 e. The molecule has 0 aromatic carbocycles. The van der Waals surface area contributed by atoms with Crippen molar-refractivity contribution < 1.29 is 13.2 Å². The van der Waals surface area contributed by atoms with Crippen molar-refractivity contribution in [1.29, 1.82) is 0 Å². The molecule has 7 heteroatoms. The fourth-order valence-electron chi connectivity index (χ4n) is 1.90. The van der Waals surface area contributed by atoms with Gasteiger partial charge in [-0.3, -0.25) is 4.79 Å². The Morgan fingerprint density at radius 3 is 2.50 bits per heavy atom. The molecule has 18 heavy (non-hydrogen) atoms. The first-order valence-corrected chi connectivity index (χ1v) is 8.78. The van der Waals surface area contributed by atoms with Gasteiger partial charge in [-0.25, -0.2) is 13.1 Å². The second-order valence-corrected chi connectivity index (χ2v) is 8.77. The third-order valence-corrected chi connectivity index (χ3v) is 7.10. The molecule has 1 fully saturated rings. The molecule has 0 spiro atoms. The van der Waals surface area contributed by atoms with Crippen LogP contribution in [-0.4, -0.2) is 20.2 Å². The highest BCUT2D eigenvalue weighted by Gasteiger charge is 2.25. The molecule has 1 aliphatic carbocycles. The Bertz CT molecular complexity index is 535. The van der Waals surface area contributed by atoms with Crippen LogP contribution in [0.3, 0.4) is 0 Å². The molecule has 0 saturated heterocycles. The molecule has 0 atom stereocenters. The average Bonchev–Trinajstić information content (AvgIpc) is 2.63. The molecule has 100 valence electrons. The number of aryl methyl sites for hydroxylation is 1. The topological polar surface area (TPSA) is 63.2 Å². The number of ketones is 1. The fourth-order valence-corrected chi connectivity index (χ4v) is 5.45. The zero-order valence-electron chi connectivity index (χ0n) is 9.90. The van der Waals surface area contributed by atoms with Crippen LogP contribution in [0, 0.1) is 6.92 Å². The molecule has 0 aliphatic heterocycles. The van der Waals surface area contributed by atoms with Crippen LogP contribution in [0.4, 0.5) is 0 Å². The van der Waals surface area contributed by atoms with E-state index in [1.807, 2.05) is 6.92 Å². The van der Waals surface area contributed by atoms with E-state index in [1.165, 1.54) is 11.3 Å². The fraction of sp³-hybridized carbons (Fsp3) is 0.545. The molecular weight excluding hydrogens is 338 g/mol. The van der Waals surface area contributed by atoms with Crippen molar-refractivity contribution in [3.8, 4) is 0 Å². The molecule has 1 aromatic heterocycles. The van der Waals surface area contributed by atoms with Crippen molar-refractivity contribution >= 4 is 43.1 Å². The molecule has 1 aliphatic rings. The summed E-state index contributed by atoms with van der Waals surface area (Å²) in [6, 6.07) is 1.54. The zero-order chi connectivity index (χ0) is 13.3. The van der Waals surface area contributed by atoms with E-state index in [9.17, 15) is 13.2 Å². The SMILES string of the molecule is Cc1cc(S(=O)(=O)NC2CCC(=O)CC2)sc1Br. The van der Waals surface area contributed by atoms with Crippen LogP contribution in [0.15, 0.2) is 14.1 Å². The number of sulfonamides is 1. The highest BCUT2D eigenvalue weighted by molar-refractivity contribution is 9.11. The Labute approximate surface area is 119 Å². The number of hydrogen-bond acceptors (Lipinski definition) is 4. The molecule has 1 N–H and O–H groups in total. The third kappa shape index (κ3) is 3.20. The number of rotatable bonds is 3. The summed E-state index contributed by atoms with van der Waals surface area (Å²) >= 11 is 4.53. The van der Waals surface area contributed by atoms with Crippen molar-refractivity contribution in [3.05, 3.63) is 15.4 Å². The highest BCUT2D eigenvalue weighted by Crippen LogP contribution is 2.31. The van der Waals surface area contributed by atoms with Gasteiger partial charge in [0.15, 0.2) is 0 Å². The molecule has 0 radical (unpaired) electrons. The monoisotopic (exact) mass is 351 g/mol. The maximum absolute atomic E-state index is 12.1. The van der Waals surface area contributed by atoms with Crippen molar-refractivity contribution in [2.75, 3.05) is 0 Å². The van der Waals surface area contributed by atoms with Crippen molar-refractivity contribution in [1.82, 2.24) is 4.72 Å². The van der Waals surface area contributed by atoms with E-state index in [0.717, 1.165) is 9.35 Å². The summed E-state index contributed by atoms with van der Waals surface area (Å²) in [5, 5.41) is 0. The van der Waals surface area contributed by atoms with Gasteiger partial charge in [-0.2, -0.15) is 0 Å². The van der Waals surface area contributed by atoms with E-state index in [4.69, 9.17) is 0 Å². The van der Waals surface area contributed by atoms with Crippen LogP contribution in [0.1, 0.15) is 31.2 Å². The number of halogens is 1. The first-order valence-electron chi connectivity index (χ1n) is 5.68. The minimum Gasteiger partial charge on any atom is -0.300 e. The van der Waals surface area contributed by atoms with E-state index >= 15 is 0 Å². The lowest BCUT2D eigenvalue weighted by molar-refractivity contribution is -0.120. The number of thiophene rings is 1. The number of carbonyl (C=O) groups excluding carboxylic acids is 1. The molecule has 1 saturated carbocycles. The summed E-state index contributed by atoms with van der Waals surface area (Å²) < 4.78 is 28.1. The van der Waals surface area contributed by atoms with Crippen LogP contribution in [-0.2, 0) is 14.8 Å². The largest absolute Gasteiger partial charge is 0.300 e. The lowest BCUT2D eigenvalue weighted by atomic mass is 9.95. The second kappa shape index (κ2) is 5.40. The van der Waals surface area contributed by atoms with Crippen LogP contribution >= 0.6 is 27.3 Å². The van der Waals surface area contributed by atoms with Crippen molar-refractivity contribution in [2.24, 2.45) is 0 Å². The zero-order valence-corrected chi connectivity index (χ0v) is 13.1. The van der Waals surface area contributed by atoms with Gasteiger partial charge in [0.2, 0.25) is 10.0 Å². The Balaban J connectivity index is 2.10. The summed E-state index contributed by atoms with van der Waals surface area (Å²) in [6.07, 6.45) is 2.15. The number of carbonyl (C=O) groups is 1. The van der Waals surface area contributed by atoms with Gasteiger partial charge in [-0.05, 0) is 47.3 Å². The minimum absolute atomic E-state index is 0.117. The van der Waals surface area contributed by atoms with E-state index < -0.39 is 10.0 Å². The third-order valence-electron chi connectivity index (χ3n) is 2.96. The van der Waals surface area contributed by atoms with Crippen molar-refractivity contribution in [2.45, 2.75) is 42.9 Å². The van der Waals surface area contributed by atoms with Crippen LogP contribution in [0.5, 0.6) is 0 Å². The van der Waals surface area contributed by atoms with Gasteiger partial charge in [-0.15, -0.1) is 11.3 Å². The standard InChI is InChI=1S/C11H14BrNO3S2/c1-7-6-10(17-11(7)12)18(15,16)13-8-2-4-9(14)5-3-8/h6,8,13H,2-5H2,1H3. The van der Waals surface area contributed by atoms with Gasteiger partial charge < -0.3 is 0 Å². The van der Waals surface area contributed by atoms with Gasteiger partial charge in [-0.1, -0.05) is 0 Å². The first kappa shape index (κ1) is 14.2. The Morgan fingerprint density at radius 2 is 2.00 bits per heavy atom. The highest BCUT2D eigenvalue weighted by atomic mass is 79.9. The molecular formula is C11H14BrNO3S2. The molecule has 1 aromatic rings. The van der Waals surface area contributed by atoms with Crippen molar-refractivity contribution in [3.63, 3.8) is 0 Å². The quantitative estimate of drug-likeness (QED) is 0.910. The molecule has 0 bridgehead atoms. The smallest absolute Gasteiger partial charge is 0.250 e. The lowest BCUT2D eigenvalue weighted by Gasteiger charge is -2.21. The number of hydrogen-bond donors (Lipinski definition) is 1. The van der Waals surface area contributed by atoms with Gasteiger partial charge >= 0.3 is 0 Å². The molecule has 0 unspecified atom stereocenters. The van der Waals surface area contributed by atoms with Crippen LogP contribution in [0.25, 0.3) is 0 Å². The number of nitrogens with one attached hydrogen (secondary N) is 1. The summed E-state index contributed by atoms with van der Waals surface area (Å²) in [6.45, 7) is 1.86. The number of Topliss-reactive ketones (excluding diaryl/α,β-unsaturated/α-hetero) is 1. The maximum atomic E-state index is 12.1. The summed E-state index contributed by atoms with van der Waals surface area (Å²) in [7, 11) is -3.45. The van der Waals surface area contributed by atoms with Gasteiger partial charge in [0, 0.05) is 18.9 Å². The molecule has 0 amide bonds. The lowest BCUT2D eigenvalue weighted by Crippen LogP contribution is -2.37. The summed E-state index contributed by atoms with van der Waals surface area (Å²) in [4.78, 5) is 11.1. The summed E-state index contributed by atoms with van der Waals surface area (Å²) in [5.74, 6) is 0.222. The molecule has 1 heterocycles. The Hall–Kier alpha value is -0.240. The van der Waals surface area contributed by atoms with E-state index in [2.05, 4.69) is 20.7 Å². The minimum atomic E-state index is -3.45. The molecule has 4 nitrogen and oxygen atoms in total. The Morgan fingerprint density at radius 1 is 1.39 bits per heavy atom. The van der Waals surface area contributed by atoms with Crippen LogP contribution < -0.4 is 4.72 Å². The van der Waals surface area contributed by atoms with Gasteiger partial charge in [0.05, 0.1) is 3.79 Å².